The van der Waals surface area contributed by atoms with Gasteiger partial charge >= 0.3 is 6.18 Å². The van der Waals surface area contributed by atoms with Gasteiger partial charge in [-0.05, 0) is 80.6 Å². The van der Waals surface area contributed by atoms with E-state index in [4.69, 9.17) is 18.4 Å². The number of aldehydes is 1. The van der Waals surface area contributed by atoms with Crippen LogP contribution in [0, 0.1) is 11.8 Å². The molecule has 4 atom stereocenters. The number of aliphatic hydroxyl groups is 1. The minimum atomic E-state index is -4.95. The molecule has 2 aromatic rings. The first kappa shape index (κ1) is 38.7. The number of ether oxygens (including phenoxy) is 2. The molecule has 0 bridgehead atoms. The van der Waals surface area contributed by atoms with Crippen LogP contribution >= 0.6 is 0 Å². The first-order chi connectivity index (χ1) is 23.8. The van der Waals surface area contributed by atoms with Gasteiger partial charge in [-0.3, -0.25) is 19.3 Å². The molecule has 1 aromatic carbocycles. The van der Waals surface area contributed by atoms with Crippen molar-refractivity contribution in [1.82, 2.24) is 10.1 Å². The highest BCUT2D eigenvalue weighted by molar-refractivity contribution is 6.74. The average Bonchev–Trinajstić information content (AvgIpc) is 3.44. The summed E-state index contributed by atoms with van der Waals surface area (Å²) in [7, 11) is 0.501. The van der Waals surface area contributed by atoms with Crippen molar-refractivity contribution < 1.29 is 51.1 Å². The van der Waals surface area contributed by atoms with Crippen LogP contribution in [0.5, 0.6) is 11.6 Å². The largest absolute Gasteiger partial charge is 0.507 e. The molecule has 5 rings (SSSR count). The van der Waals surface area contributed by atoms with Crippen LogP contribution in [0.15, 0.2) is 16.2 Å². The van der Waals surface area contributed by atoms with Gasteiger partial charge in [0.05, 0.1) is 30.4 Å². The lowest BCUT2D eigenvalue weighted by Gasteiger charge is -2.55. The Bertz CT molecular complexity index is 1740. The zero-order chi connectivity index (χ0) is 37.8. The monoisotopic (exact) mass is 734 g/mol. The van der Waals surface area contributed by atoms with Crippen LogP contribution in [0.4, 0.5) is 13.2 Å². The van der Waals surface area contributed by atoms with Gasteiger partial charge in [-0.2, -0.15) is 13.2 Å². The Kier molecular flexibility index (Phi) is 10.5. The van der Waals surface area contributed by atoms with Crippen molar-refractivity contribution in [3.63, 3.8) is 0 Å². The topological polar surface area (TPSA) is 128 Å². The maximum absolute atomic E-state index is 15.4. The number of fused-ring (bicyclic) bond motifs is 4. The van der Waals surface area contributed by atoms with Crippen LogP contribution in [0.2, 0.25) is 18.1 Å². The molecule has 1 heterocycles. The van der Waals surface area contributed by atoms with Gasteiger partial charge < -0.3 is 23.5 Å². The van der Waals surface area contributed by atoms with Gasteiger partial charge in [0, 0.05) is 17.1 Å². The third-order valence-corrected chi connectivity index (χ3v) is 15.4. The van der Waals surface area contributed by atoms with Crippen molar-refractivity contribution in [3.05, 3.63) is 45.2 Å². The number of ketones is 2. The molecule has 280 valence electrons. The van der Waals surface area contributed by atoms with Crippen molar-refractivity contribution in [3.8, 4) is 11.6 Å². The normalized spacial score (nSPS) is 23.5. The number of Topliss-reactive ketones (excluding diaryl/α,β-unsaturated/α-hetero) is 2. The molecule has 0 amide bonds. The quantitative estimate of drug-likeness (QED) is 0.0988. The van der Waals surface area contributed by atoms with Gasteiger partial charge in [0.1, 0.15) is 17.1 Å². The molecule has 1 saturated carbocycles. The lowest BCUT2D eigenvalue weighted by Crippen LogP contribution is -2.68. The third-order valence-electron chi connectivity index (χ3n) is 11.0. The fourth-order valence-corrected chi connectivity index (χ4v) is 8.94. The number of aliphatic hydroxyl groups excluding tert-OH is 1. The molecule has 14 heteroatoms. The summed E-state index contributed by atoms with van der Waals surface area (Å²) in [5, 5.41) is 15.7. The van der Waals surface area contributed by atoms with E-state index in [0.29, 0.717) is 12.8 Å². The van der Waals surface area contributed by atoms with Crippen LogP contribution in [0.3, 0.4) is 0 Å². The Morgan fingerprint density at radius 2 is 1.69 bits per heavy atom. The minimum Gasteiger partial charge on any atom is -0.507 e. The number of unbranched alkanes of at least 4 members (excludes halogenated alkanes) is 2. The predicted molar refractivity (Wildman–Crippen MR) is 186 cm³/mol. The van der Waals surface area contributed by atoms with Gasteiger partial charge in [0.15, 0.2) is 26.0 Å². The fraction of sp³-hybridized carbons (Fsp3) is 0.622. The highest BCUT2D eigenvalue weighted by Crippen LogP contribution is 2.59. The number of rotatable bonds is 12. The van der Waals surface area contributed by atoms with Gasteiger partial charge in [0.25, 0.3) is 5.88 Å². The van der Waals surface area contributed by atoms with E-state index in [1.54, 1.807) is 19.0 Å². The van der Waals surface area contributed by atoms with Gasteiger partial charge in [0.2, 0.25) is 11.6 Å². The number of halogens is 3. The summed E-state index contributed by atoms with van der Waals surface area (Å²) in [6.07, 6.45) is -2.41. The highest BCUT2D eigenvalue weighted by Gasteiger charge is 2.69. The molecule has 0 radical (unpaired) electrons. The number of carbonyl (C=O) groups is 3. The number of alkyl halides is 3. The van der Waals surface area contributed by atoms with E-state index >= 15 is 9.59 Å². The Morgan fingerprint density at radius 1 is 1.06 bits per heavy atom. The molecule has 0 saturated heterocycles. The lowest BCUT2D eigenvalue weighted by molar-refractivity contribution is -0.140. The molecule has 0 unspecified atom stereocenters. The molecule has 0 aliphatic heterocycles. The van der Waals surface area contributed by atoms with E-state index < -0.39 is 71.5 Å². The van der Waals surface area contributed by atoms with Gasteiger partial charge in [-0.25, -0.2) is 0 Å². The molecular weight excluding hydrogens is 685 g/mol. The smallest absolute Gasteiger partial charge is 0.417 e. The number of carbonyl (C=O) groups excluding carboxylic acids is 3. The summed E-state index contributed by atoms with van der Waals surface area (Å²) >= 11 is 0. The number of hydrogen-bond donors (Lipinski definition) is 1. The highest BCUT2D eigenvalue weighted by atomic mass is 28.4. The van der Waals surface area contributed by atoms with Gasteiger partial charge in [-0.15, -0.1) is 0 Å². The second-order valence-corrected chi connectivity index (χ2v) is 20.3. The van der Waals surface area contributed by atoms with Crippen molar-refractivity contribution in [2.75, 3.05) is 27.3 Å². The summed E-state index contributed by atoms with van der Waals surface area (Å²) in [6, 6.07) is 0.195. The third kappa shape index (κ3) is 6.34. The second-order valence-electron chi connectivity index (χ2n) is 15.6. The Balaban J connectivity index is 1.83. The van der Waals surface area contributed by atoms with Crippen LogP contribution < -0.4 is 9.47 Å². The Hall–Kier alpha value is -3.49. The number of nitrogens with zero attached hydrogens (tertiary/aromatic N) is 2. The SMILES string of the molecule is CCCCOc1cc(C=O)c(C(F)(F)F)c2c1C(O)=C1C(=O)[C@]3(O[Si](C)(C)C(C)(C)C)C(=O)c4c(OCCCC)noc4[C@@H](N(C)C)[C@@H]3C[C@@H]1C2. The van der Waals surface area contributed by atoms with Crippen LogP contribution in [-0.4, -0.2) is 74.2 Å². The van der Waals surface area contributed by atoms with E-state index in [1.807, 2.05) is 47.7 Å². The number of benzene rings is 1. The molecule has 1 aromatic heterocycles. The molecule has 3 aliphatic carbocycles. The fourth-order valence-electron chi connectivity index (χ4n) is 7.50. The zero-order valence-electron chi connectivity index (χ0n) is 30.9. The van der Waals surface area contributed by atoms with Crippen LogP contribution in [-0.2, 0) is 21.8 Å². The summed E-state index contributed by atoms with van der Waals surface area (Å²) in [5.74, 6) is -4.15. The summed E-state index contributed by atoms with van der Waals surface area (Å²) in [4.78, 5) is 44.5. The second kappa shape index (κ2) is 13.8. The minimum absolute atomic E-state index is 0.0126. The molecule has 0 spiro atoms. The van der Waals surface area contributed by atoms with Gasteiger partial charge in [-0.1, -0.05) is 47.5 Å². The molecule has 1 fully saturated rings. The first-order valence-corrected chi connectivity index (χ1v) is 20.6. The van der Waals surface area contributed by atoms with Crippen molar-refractivity contribution in [1.29, 1.82) is 0 Å². The van der Waals surface area contributed by atoms with E-state index in [-0.39, 0.29) is 72.0 Å². The molecule has 10 nitrogen and oxygen atoms in total. The predicted octanol–water partition coefficient (Wildman–Crippen LogP) is 8.15. The van der Waals surface area contributed by atoms with Crippen molar-refractivity contribution in [2.45, 2.75) is 109 Å². The number of aromatic nitrogens is 1. The van der Waals surface area contributed by atoms with Crippen LogP contribution in [0.25, 0.3) is 5.76 Å². The van der Waals surface area contributed by atoms with E-state index in [9.17, 15) is 23.1 Å². The standard InChI is InChI=1S/C37H49F3N2O8Si/c1-10-12-14-47-24-18-21(19-43)28(37(38,39)40)22-16-20-17-23-29(42(6)7)31-27(34(41-49-31)48-15-13-11-2)33(46)36(23,50-51(8,9)35(3,4)5)32(45)25(20)30(44)26(22)24/h18-20,23,29,44H,10-17H2,1-9H3/t20-,23-,29-,36-/m0/s1. The van der Waals surface area contributed by atoms with Crippen molar-refractivity contribution in [2.24, 2.45) is 11.8 Å². The molecule has 1 N–H and O–H groups in total. The average molecular weight is 735 g/mol. The van der Waals surface area contributed by atoms with Crippen LogP contribution in [0.1, 0.15) is 116 Å². The maximum Gasteiger partial charge on any atom is 0.417 e. The Labute approximate surface area is 297 Å². The number of hydrogen-bond acceptors (Lipinski definition) is 10. The summed E-state index contributed by atoms with van der Waals surface area (Å²) in [5.41, 5.74) is -4.82. The molecule has 51 heavy (non-hydrogen) atoms. The maximum atomic E-state index is 15.4. The van der Waals surface area contributed by atoms with E-state index in [1.165, 1.54) is 0 Å². The zero-order valence-corrected chi connectivity index (χ0v) is 31.9. The molecular formula is C37H49F3N2O8Si. The first-order valence-electron chi connectivity index (χ1n) is 17.6. The summed E-state index contributed by atoms with van der Waals surface area (Å²) in [6.45, 7) is 14.0. The molecule has 3 aliphatic rings. The lowest BCUT2D eigenvalue weighted by atomic mass is 9.57. The van der Waals surface area contributed by atoms with Crippen molar-refractivity contribution >= 4 is 31.9 Å². The summed E-state index contributed by atoms with van der Waals surface area (Å²) < 4.78 is 68.9. The van der Waals surface area contributed by atoms with E-state index in [0.717, 1.165) is 18.9 Å². The Morgan fingerprint density at radius 3 is 2.24 bits per heavy atom. The van der Waals surface area contributed by atoms with E-state index in [2.05, 4.69) is 5.16 Å².